The van der Waals surface area contributed by atoms with E-state index in [-0.39, 0.29) is 18.0 Å². The lowest BCUT2D eigenvalue weighted by Crippen LogP contribution is -2.36. The van der Waals surface area contributed by atoms with Gasteiger partial charge in [-0.2, -0.15) is 0 Å². The third-order valence-electron chi connectivity index (χ3n) is 3.94. The predicted octanol–water partition coefficient (Wildman–Crippen LogP) is 2.90. The van der Waals surface area contributed by atoms with Crippen LogP contribution in [0.4, 0.5) is 10.5 Å². The Kier molecular flexibility index (Phi) is 4.80. The number of fused-ring (bicyclic) bond motifs is 1. The van der Waals surface area contributed by atoms with Gasteiger partial charge in [0.2, 0.25) is 5.91 Å². The lowest BCUT2D eigenvalue weighted by atomic mass is 9.98. The van der Waals surface area contributed by atoms with Gasteiger partial charge in [0.05, 0.1) is 12.6 Å². The first-order chi connectivity index (χ1) is 11.5. The van der Waals surface area contributed by atoms with E-state index in [0.29, 0.717) is 13.0 Å². The minimum absolute atomic E-state index is 0.0539. The summed E-state index contributed by atoms with van der Waals surface area (Å²) in [7, 11) is 0. The zero-order chi connectivity index (χ0) is 17.1. The molecule has 3 amide bonds. The Balaban J connectivity index is 1.57. The van der Waals surface area contributed by atoms with E-state index in [1.807, 2.05) is 37.4 Å². The molecule has 3 rings (SSSR count). The van der Waals surface area contributed by atoms with Crippen molar-refractivity contribution in [3.63, 3.8) is 0 Å². The van der Waals surface area contributed by atoms with Gasteiger partial charge in [-0.3, -0.25) is 4.79 Å². The largest absolute Gasteiger partial charge is 0.332 e. The predicted molar refractivity (Wildman–Crippen MR) is 94.0 cm³/mol. The molecule has 0 unspecified atom stereocenters. The lowest BCUT2D eigenvalue weighted by Gasteiger charge is -2.20. The van der Waals surface area contributed by atoms with Gasteiger partial charge in [0, 0.05) is 23.2 Å². The van der Waals surface area contributed by atoms with Crippen LogP contribution in [0.2, 0.25) is 0 Å². The van der Waals surface area contributed by atoms with E-state index >= 15 is 0 Å². The van der Waals surface area contributed by atoms with Crippen molar-refractivity contribution in [3.8, 4) is 0 Å². The summed E-state index contributed by atoms with van der Waals surface area (Å²) in [6.07, 6.45) is 1.24. The number of aryl methyl sites for hydroxylation is 2. The summed E-state index contributed by atoms with van der Waals surface area (Å²) in [5.74, 6) is 0.0539. The van der Waals surface area contributed by atoms with E-state index in [4.69, 9.17) is 0 Å². The van der Waals surface area contributed by atoms with Crippen molar-refractivity contribution in [2.45, 2.75) is 39.3 Å². The van der Waals surface area contributed by atoms with Crippen LogP contribution < -0.4 is 16.0 Å². The summed E-state index contributed by atoms with van der Waals surface area (Å²) in [4.78, 5) is 27.8. The number of hydrogen-bond donors (Lipinski definition) is 3. The summed E-state index contributed by atoms with van der Waals surface area (Å²) in [5, 5.41) is 11.5. The highest BCUT2D eigenvalue weighted by Gasteiger charge is 2.17. The molecule has 24 heavy (non-hydrogen) atoms. The number of urea groups is 1. The third-order valence-corrected chi connectivity index (χ3v) is 4.91. The van der Waals surface area contributed by atoms with Gasteiger partial charge in [0.25, 0.3) is 0 Å². The molecule has 0 aliphatic carbocycles. The molecule has 0 bridgehead atoms. The van der Waals surface area contributed by atoms with Gasteiger partial charge in [0.15, 0.2) is 0 Å². The number of amides is 3. The van der Waals surface area contributed by atoms with Gasteiger partial charge in [-0.1, -0.05) is 12.1 Å². The van der Waals surface area contributed by atoms with Crippen molar-refractivity contribution >= 4 is 29.0 Å². The van der Waals surface area contributed by atoms with E-state index in [9.17, 15) is 9.59 Å². The van der Waals surface area contributed by atoms with E-state index in [1.165, 1.54) is 11.3 Å². The molecule has 1 aliphatic heterocycles. The van der Waals surface area contributed by atoms with Gasteiger partial charge in [0.1, 0.15) is 5.01 Å². The number of carbonyl (C=O) groups excluding carboxylic acids is 2. The van der Waals surface area contributed by atoms with Crippen molar-refractivity contribution in [1.82, 2.24) is 15.6 Å². The van der Waals surface area contributed by atoms with Gasteiger partial charge in [-0.25, -0.2) is 9.78 Å². The fraction of sp³-hybridized carbons (Fsp3) is 0.353. The maximum absolute atomic E-state index is 12.0. The molecule has 126 valence electrons. The number of nitrogens with one attached hydrogen (secondary N) is 3. The number of anilines is 1. The molecule has 7 heteroatoms. The minimum Gasteiger partial charge on any atom is -0.332 e. The molecule has 3 N–H and O–H groups in total. The zero-order valence-corrected chi connectivity index (χ0v) is 14.5. The maximum Gasteiger partial charge on any atom is 0.315 e. The summed E-state index contributed by atoms with van der Waals surface area (Å²) in [6, 6.07) is 5.53. The first kappa shape index (κ1) is 16.4. The smallest absolute Gasteiger partial charge is 0.315 e. The summed E-state index contributed by atoms with van der Waals surface area (Å²) < 4.78 is 0. The van der Waals surface area contributed by atoms with Crippen LogP contribution in [0.5, 0.6) is 0 Å². The number of thiazole rings is 1. The second-order valence-corrected chi connectivity index (χ2v) is 6.84. The standard InChI is InChI=1S/C17H20N4O2S/c1-10-9-24-16(19-10)8-18-17(23)20-11(2)12-3-5-14-13(7-12)4-6-15(22)21-14/h3,5,7,9,11H,4,6,8H2,1-2H3,(H,21,22)(H2,18,20,23)/t11-/m1/s1. The Morgan fingerprint density at radius 2 is 2.25 bits per heavy atom. The van der Waals surface area contributed by atoms with E-state index in [1.54, 1.807) is 0 Å². The normalized spacial score (nSPS) is 14.5. The molecule has 2 heterocycles. The summed E-state index contributed by atoms with van der Waals surface area (Å²) in [5.41, 5.74) is 3.96. The van der Waals surface area contributed by atoms with E-state index in [0.717, 1.165) is 33.9 Å². The molecule has 0 saturated heterocycles. The Hall–Kier alpha value is -2.41. The average Bonchev–Trinajstić information content (AvgIpc) is 2.98. The average molecular weight is 344 g/mol. The summed E-state index contributed by atoms with van der Waals surface area (Å²) >= 11 is 1.53. The molecule has 1 aliphatic rings. The summed E-state index contributed by atoms with van der Waals surface area (Å²) in [6.45, 7) is 4.30. The van der Waals surface area contributed by atoms with Crippen LogP contribution in [-0.2, 0) is 17.8 Å². The van der Waals surface area contributed by atoms with Crippen LogP contribution in [0.25, 0.3) is 0 Å². The molecule has 0 spiro atoms. The quantitative estimate of drug-likeness (QED) is 0.797. The fourth-order valence-corrected chi connectivity index (χ4v) is 3.35. The third kappa shape index (κ3) is 3.91. The van der Waals surface area contributed by atoms with Crippen LogP contribution in [0.15, 0.2) is 23.6 Å². The number of rotatable bonds is 4. The fourth-order valence-electron chi connectivity index (χ4n) is 2.64. The van der Waals surface area contributed by atoms with Crippen LogP contribution in [-0.4, -0.2) is 16.9 Å². The Bertz CT molecular complexity index is 772. The van der Waals surface area contributed by atoms with Crippen molar-refractivity contribution in [2.24, 2.45) is 0 Å². The minimum atomic E-state index is -0.221. The molecule has 1 aromatic carbocycles. The SMILES string of the molecule is Cc1csc(CNC(=O)N[C@H](C)c2ccc3c(c2)CCC(=O)N3)n1. The Morgan fingerprint density at radius 3 is 3.00 bits per heavy atom. The number of nitrogens with zero attached hydrogens (tertiary/aromatic N) is 1. The molecule has 0 saturated carbocycles. The monoisotopic (exact) mass is 344 g/mol. The molecule has 6 nitrogen and oxygen atoms in total. The molecular weight excluding hydrogens is 324 g/mol. The van der Waals surface area contributed by atoms with Crippen molar-refractivity contribution in [1.29, 1.82) is 0 Å². The van der Waals surface area contributed by atoms with Gasteiger partial charge in [-0.15, -0.1) is 11.3 Å². The van der Waals surface area contributed by atoms with Crippen LogP contribution >= 0.6 is 11.3 Å². The van der Waals surface area contributed by atoms with Crippen molar-refractivity contribution in [3.05, 3.63) is 45.4 Å². The molecule has 0 fully saturated rings. The second kappa shape index (κ2) is 7.00. The van der Waals surface area contributed by atoms with Crippen LogP contribution in [0.1, 0.15) is 41.2 Å². The molecule has 1 aromatic heterocycles. The highest BCUT2D eigenvalue weighted by molar-refractivity contribution is 7.09. The highest BCUT2D eigenvalue weighted by atomic mass is 32.1. The Labute approximate surface area is 144 Å². The first-order valence-electron chi connectivity index (χ1n) is 7.89. The van der Waals surface area contributed by atoms with E-state index < -0.39 is 0 Å². The number of hydrogen-bond acceptors (Lipinski definition) is 4. The van der Waals surface area contributed by atoms with E-state index in [2.05, 4.69) is 20.9 Å². The van der Waals surface area contributed by atoms with Crippen molar-refractivity contribution < 1.29 is 9.59 Å². The maximum atomic E-state index is 12.0. The molecule has 0 radical (unpaired) electrons. The molecular formula is C17H20N4O2S. The van der Waals surface area contributed by atoms with Crippen molar-refractivity contribution in [2.75, 3.05) is 5.32 Å². The highest BCUT2D eigenvalue weighted by Crippen LogP contribution is 2.26. The number of aromatic nitrogens is 1. The zero-order valence-electron chi connectivity index (χ0n) is 13.7. The van der Waals surface area contributed by atoms with Crippen LogP contribution in [0, 0.1) is 6.92 Å². The number of benzene rings is 1. The second-order valence-electron chi connectivity index (χ2n) is 5.90. The van der Waals surface area contributed by atoms with Crippen LogP contribution in [0.3, 0.4) is 0 Å². The topological polar surface area (TPSA) is 83.1 Å². The van der Waals surface area contributed by atoms with Gasteiger partial charge < -0.3 is 16.0 Å². The Morgan fingerprint density at radius 1 is 1.42 bits per heavy atom. The lowest BCUT2D eigenvalue weighted by molar-refractivity contribution is -0.116. The molecule has 2 aromatic rings. The number of carbonyl (C=O) groups is 2. The molecule has 1 atom stereocenters. The first-order valence-corrected chi connectivity index (χ1v) is 8.77. The van der Waals surface area contributed by atoms with Gasteiger partial charge >= 0.3 is 6.03 Å². The van der Waals surface area contributed by atoms with Gasteiger partial charge in [-0.05, 0) is 37.5 Å².